The SMILES string of the molecule is Cc1cccc(C)c1-c1cccc(N2[CH-]N(c3[c-]c(Oc4[c-]c5c(cc4)c4ccccc4n5-c4cc(C(C)(C)C)ccn4)ccc3)c3ccccc32)c1.[Pt]. The minimum atomic E-state index is -0.00987. The molecule has 3 heterocycles. The Morgan fingerprint density at radius 3 is 2.15 bits per heavy atom. The van der Waals surface area contributed by atoms with Gasteiger partial charge in [0, 0.05) is 61.3 Å². The summed E-state index contributed by atoms with van der Waals surface area (Å²) in [4.78, 5) is 9.24. The minimum Gasteiger partial charge on any atom is -0.509 e. The molecular formula is C48H39N4OPt-3. The number of hydrogen-bond acceptors (Lipinski definition) is 4. The van der Waals surface area contributed by atoms with E-state index in [-0.39, 0.29) is 26.5 Å². The number of para-hydroxylation sites is 3. The summed E-state index contributed by atoms with van der Waals surface area (Å²) in [5.41, 5.74) is 12.4. The minimum absolute atomic E-state index is 0. The van der Waals surface area contributed by atoms with E-state index in [0.717, 1.165) is 50.4 Å². The molecule has 0 fully saturated rings. The van der Waals surface area contributed by atoms with Crippen LogP contribution in [-0.4, -0.2) is 9.55 Å². The Morgan fingerprint density at radius 2 is 1.35 bits per heavy atom. The molecule has 0 saturated carbocycles. The summed E-state index contributed by atoms with van der Waals surface area (Å²) >= 11 is 0. The number of fused-ring (bicyclic) bond motifs is 4. The van der Waals surface area contributed by atoms with Gasteiger partial charge in [-0.2, -0.15) is 12.1 Å². The second kappa shape index (κ2) is 14.0. The summed E-state index contributed by atoms with van der Waals surface area (Å²) in [7, 11) is 0. The maximum Gasteiger partial charge on any atom is 0.135 e. The van der Waals surface area contributed by atoms with Crippen molar-refractivity contribution >= 4 is 44.6 Å². The van der Waals surface area contributed by atoms with Crippen LogP contribution in [0.2, 0.25) is 0 Å². The Kier molecular flexibility index (Phi) is 9.16. The van der Waals surface area contributed by atoms with Crippen LogP contribution >= 0.6 is 0 Å². The Balaban J connectivity index is 0.00000413. The van der Waals surface area contributed by atoms with Crippen molar-refractivity contribution in [2.24, 2.45) is 0 Å². The van der Waals surface area contributed by atoms with Gasteiger partial charge in [-0.25, -0.2) is 4.98 Å². The average Bonchev–Trinajstić information content (AvgIpc) is 3.71. The van der Waals surface area contributed by atoms with Gasteiger partial charge in [-0.1, -0.05) is 87.0 Å². The number of aromatic nitrogens is 2. The molecule has 270 valence electrons. The van der Waals surface area contributed by atoms with E-state index in [4.69, 9.17) is 9.72 Å². The van der Waals surface area contributed by atoms with Crippen molar-refractivity contribution in [3.63, 3.8) is 0 Å². The largest absolute Gasteiger partial charge is 0.509 e. The first kappa shape index (κ1) is 35.4. The molecule has 0 N–H and O–H groups in total. The Bertz CT molecular complexity index is 2650. The van der Waals surface area contributed by atoms with E-state index >= 15 is 0 Å². The third kappa shape index (κ3) is 6.27. The molecule has 0 saturated heterocycles. The molecule has 54 heavy (non-hydrogen) atoms. The van der Waals surface area contributed by atoms with Crippen molar-refractivity contribution in [3.8, 4) is 28.4 Å². The number of aryl methyl sites for hydroxylation is 2. The number of anilines is 4. The first-order chi connectivity index (χ1) is 25.7. The van der Waals surface area contributed by atoms with Crippen molar-refractivity contribution in [1.82, 2.24) is 9.55 Å². The van der Waals surface area contributed by atoms with E-state index in [1.54, 1.807) is 0 Å². The van der Waals surface area contributed by atoms with Gasteiger partial charge < -0.3 is 19.1 Å². The van der Waals surface area contributed by atoms with Crippen molar-refractivity contribution in [2.45, 2.75) is 40.0 Å². The molecule has 0 spiro atoms. The summed E-state index contributed by atoms with van der Waals surface area (Å²) in [5, 5.41) is 2.24. The van der Waals surface area contributed by atoms with E-state index in [9.17, 15) is 0 Å². The van der Waals surface area contributed by atoms with Gasteiger partial charge in [0.05, 0.1) is 0 Å². The van der Waals surface area contributed by atoms with Gasteiger partial charge in [-0.3, -0.25) is 0 Å². The molecule has 0 atom stereocenters. The summed E-state index contributed by atoms with van der Waals surface area (Å²) in [6.45, 7) is 13.2. The quantitative estimate of drug-likeness (QED) is 0.156. The number of pyridine rings is 1. The maximum absolute atomic E-state index is 6.54. The fourth-order valence-corrected chi connectivity index (χ4v) is 7.52. The van der Waals surface area contributed by atoms with Crippen LogP contribution in [0.4, 0.5) is 22.7 Å². The molecule has 1 aliphatic heterocycles. The molecule has 6 heteroatoms. The Morgan fingerprint density at radius 1 is 0.648 bits per heavy atom. The Hall–Kier alpha value is -5.64. The molecule has 9 rings (SSSR count). The second-order valence-corrected chi connectivity index (χ2v) is 14.8. The van der Waals surface area contributed by atoms with E-state index < -0.39 is 0 Å². The molecule has 0 unspecified atom stereocenters. The standard InChI is InChI=1S/C48H39N4O.Pt/c1-32-13-10-14-33(2)47(32)34-15-11-16-36(27-34)50-31-51(44-22-9-8-21-43(44)50)37-17-12-18-38(29-37)53-39-23-24-41-40-19-6-7-20-42(40)52(45(41)30-39)46-28-35(25-26-49-46)48(3,4)5;/h6-28,31H,1-5H3;/q-3;. The van der Waals surface area contributed by atoms with Crippen LogP contribution in [-0.2, 0) is 26.5 Å². The van der Waals surface area contributed by atoms with E-state index in [1.807, 2.05) is 24.4 Å². The van der Waals surface area contributed by atoms with Crippen LogP contribution in [0.25, 0.3) is 38.8 Å². The molecule has 0 bridgehead atoms. The van der Waals surface area contributed by atoms with Crippen LogP contribution in [0.5, 0.6) is 11.5 Å². The molecule has 8 aromatic rings. The predicted octanol–water partition coefficient (Wildman–Crippen LogP) is 12.6. The van der Waals surface area contributed by atoms with Gasteiger partial charge >= 0.3 is 0 Å². The maximum atomic E-state index is 6.54. The van der Waals surface area contributed by atoms with Crippen molar-refractivity contribution in [2.75, 3.05) is 9.80 Å². The fourth-order valence-electron chi connectivity index (χ4n) is 7.52. The molecule has 5 nitrogen and oxygen atoms in total. The van der Waals surface area contributed by atoms with Crippen molar-refractivity contribution in [1.29, 1.82) is 0 Å². The molecule has 0 radical (unpaired) electrons. The van der Waals surface area contributed by atoms with Crippen LogP contribution in [0, 0.1) is 32.6 Å². The van der Waals surface area contributed by atoms with Gasteiger partial charge in [0.25, 0.3) is 0 Å². The fraction of sp³-hybridized carbons (Fsp3) is 0.125. The first-order valence-electron chi connectivity index (χ1n) is 18.0. The summed E-state index contributed by atoms with van der Waals surface area (Å²) < 4.78 is 8.73. The van der Waals surface area contributed by atoms with Gasteiger partial charge in [-0.15, -0.1) is 48.1 Å². The third-order valence-corrected chi connectivity index (χ3v) is 10.2. The van der Waals surface area contributed by atoms with Crippen LogP contribution < -0.4 is 14.5 Å². The number of hydrogen-bond donors (Lipinski definition) is 0. The van der Waals surface area contributed by atoms with Crippen molar-refractivity contribution in [3.05, 3.63) is 175 Å². The van der Waals surface area contributed by atoms with Gasteiger partial charge in [0.2, 0.25) is 0 Å². The zero-order chi connectivity index (χ0) is 36.3. The average molecular weight is 883 g/mol. The molecule has 6 aromatic carbocycles. The van der Waals surface area contributed by atoms with Crippen molar-refractivity contribution < 1.29 is 25.8 Å². The van der Waals surface area contributed by atoms with Gasteiger partial charge in [-0.05, 0) is 94.9 Å². The third-order valence-electron chi connectivity index (χ3n) is 10.2. The normalized spacial score (nSPS) is 12.6. The van der Waals surface area contributed by atoms with E-state index in [1.165, 1.54) is 27.8 Å². The monoisotopic (exact) mass is 882 g/mol. The van der Waals surface area contributed by atoms with Crippen LogP contribution in [0.15, 0.2) is 140 Å². The molecular weight excluding hydrogens is 844 g/mol. The van der Waals surface area contributed by atoms with Gasteiger partial charge in [0.15, 0.2) is 0 Å². The number of nitrogens with zero attached hydrogens (tertiary/aromatic N) is 4. The first-order valence-corrected chi connectivity index (χ1v) is 18.0. The number of rotatable bonds is 6. The second-order valence-electron chi connectivity index (χ2n) is 14.8. The van der Waals surface area contributed by atoms with Crippen LogP contribution in [0.1, 0.15) is 37.5 Å². The summed E-state index contributed by atoms with van der Waals surface area (Å²) in [6.07, 6.45) is 1.90. The van der Waals surface area contributed by atoms with E-state index in [2.05, 4.69) is 183 Å². The molecule has 0 aliphatic carbocycles. The summed E-state index contributed by atoms with van der Waals surface area (Å²) in [6, 6.07) is 53.7. The van der Waals surface area contributed by atoms with Crippen LogP contribution in [0.3, 0.4) is 0 Å². The molecule has 2 aromatic heterocycles. The predicted molar refractivity (Wildman–Crippen MR) is 218 cm³/mol. The molecule has 1 aliphatic rings. The summed E-state index contributed by atoms with van der Waals surface area (Å²) in [5.74, 6) is 2.07. The topological polar surface area (TPSA) is 33.5 Å². The zero-order valence-corrected chi connectivity index (χ0v) is 33.1. The number of benzene rings is 6. The van der Waals surface area contributed by atoms with Gasteiger partial charge in [0.1, 0.15) is 5.82 Å². The Labute approximate surface area is 331 Å². The zero-order valence-electron chi connectivity index (χ0n) is 30.9. The smallest absolute Gasteiger partial charge is 0.135 e. The number of ether oxygens (including phenoxy) is 1. The molecule has 0 amide bonds. The van der Waals surface area contributed by atoms with E-state index in [0.29, 0.717) is 11.5 Å².